The van der Waals surface area contributed by atoms with Gasteiger partial charge in [-0.25, -0.2) is 14.5 Å². The third kappa shape index (κ3) is 3.01. The normalized spacial score (nSPS) is 20.6. The highest BCUT2D eigenvalue weighted by atomic mass is 16.1. The third-order valence-corrected chi connectivity index (χ3v) is 6.99. The zero-order valence-electron chi connectivity index (χ0n) is 18.7. The monoisotopic (exact) mass is 429 g/mol. The van der Waals surface area contributed by atoms with Crippen LogP contribution in [0.5, 0.6) is 0 Å². The lowest BCUT2D eigenvalue weighted by atomic mass is 9.83. The van der Waals surface area contributed by atoms with E-state index in [-0.39, 0.29) is 5.56 Å². The number of aromatic nitrogens is 6. The number of likely N-dealkylation sites (tertiary alicyclic amines) is 1. The molecule has 2 aliphatic rings. The van der Waals surface area contributed by atoms with Crippen LogP contribution in [0, 0.1) is 19.8 Å². The lowest BCUT2D eigenvalue weighted by molar-refractivity contribution is 0.115. The van der Waals surface area contributed by atoms with E-state index in [2.05, 4.69) is 34.0 Å². The highest BCUT2D eigenvalue weighted by Gasteiger charge is 2.35. The quantitative estimate of drug-likeness (QED) is 0.500. The van der Waals surface area contributed by atoms with E-state index in [1.54, 1.807) is 6.20 Å². The van der Waals surface area contributed by atoms with Gasteiger partial charge in [-0.05, 0) is 44.4 Å². The van der Waals surface area contributed by atoms with Crippen LogP contribution in [0.3, 0.4) is 0 Å². The predicted octanol–water partition coefficient (Wildman–Crippen LogP) is 2.53. The Balaban J connectivity index is 1.30. The van der Waals surface area contributed by atoms with Crippen molar-refractivity contribution in [2.75, 3.05) is 13.1 Å². The number of piperidine rings is 1. The fourth-order valence-electron chi connectivity index (χ4n) is 5.64. The molecule has 0 saturated carbocycles. The van der Waals surface area contributed by atoms with Crippen LogP contribution in [0.2, 0.25) is 0 Å². The molecule has 0 aliphatic carbocycles. The summed E-state index contributed by atoms with van der Waals surface area (Å²) in [7, 11) is 1.93. The van der Waals surface area contributed by atoms with Crippen LogP contribution in [0.1, 0.15) is 35.0 Å². The number of hydrogen-bond acceptors (Lipinski definition) is 5. The van der Waals surface area contributed by atoms with Gasteiger partial charge in [0.15, 0.2) is 5.65 Å². The van der Waals surface area contributed by atoms with Crippen LogP contribution in [0.25, 0.3) is 17.0 Å². The zero-order valence-corrected chi connectivity index (χ0v) is 18.7. The van der Waals surface area contributed by atoms with E-state index in [4.69, 9.17) is 4.98 Å². The van der Waals surface area contributed by atoms with Gasteiger partial charge in [0.25, 0.3) is 5.56 Å². The van der Waals surface area contributed by atoms with Crippen molar-refractivity contribution in [1.82, 2.24) is 33.6 Å². The molecule has 1 saturated heterocycles. The Kier molecular flexibility index (Phi) is 4.33. The molecule has 2 aliphatic heterocycles. The molecule has 4 aromatic rings. The summed E-state index contributed by atoms with van der Waals surface area (Å²) in [5.41, 5.74) is 6.15. The Hall–Kier alpha value is -3.26. The van der Waals surface area contributed by atoms with Crippen LogP contribution < -0.4 is 5.56 Å². The number of hydrogen-bond donors (Lipinski definition) is 0. The highest BCUT2D eigenvalue weighted by Crippen LogP contribution is 2.36. The molecule has 6 rings (SSSR count). The molecular formula is C24H27N7O. The third-order valence-electron chi connectivity index (χ3n) is 6.99. The summed E-state index contributed by atoms with van der Waals surface area (Å²) in [6, 6.07) is 6.15. The van der Waals surface area contributed by atoms with E-state index in [1.165, 1.54) is 5.56 Å². The summed E-state index contributed by atoms with van der Waals surface area (Å²) in [5, 5.41) is 4.56. The zero-order chi connectivity index (χ0) is 22.0. The van der Waals surface area contributed by atoms with E-state index in [9.17, 15) is 4.79 Å². The second-order valence-corrected chi connectivity index (χ2v) is 9.39. The molecule has 0 N–H and O–H groups in total. The lowest BCUT2D eigenvalue weighted by Gasteiger charge is -2.42. The van der Waals surface area contributed by atoms with Gasteiger partial charge in [0.2, 0.25) is 0 Å². The molecule has 2 atom stereocenters. The first kappa shape index (κ1) is 19.4. The summed E-state index contributed by atoms with van der Waals surface area (Å²) in [5.74, 6) is 1.56. The van der Waals surface area contributed by atoms with Gasteiger partial charge >= 0.3 is 0 Å². The van der Waals surface area contributed by atoms with Crippen LogP contribution >= 0.6 is 0 Å². The van der Waals surface area contributed by atoms with Crippen LogP contribution in [-0.2, 0) is 20.1 Å². The molecule has 2 bridgehead atoms. The minimum atomic E-state index is 0.0812. The van der Waals surface area contributed by atoms with E-state index >= 15 is 0 Å². The fraction of sp³-hybridized carbons (Fsp3) is 0.417. The van der Waals surface area contributed by atoms with Crippen molar-refractivity contribution in [1.29, 1.82) is 0 Å². The molecular weight excluding hydrogens is 402 g/mol. The maximum Gasteiger partial charge on any atom is 0.261 e. The Morgan fingerprint density at radius 1 is 1.16 bits per heavy atom. The van der Waals surface area contributed by atoms with Gasteiger partial charge in [0.05, 0.1) is 11.8 Å². The van der Waals surface area contributed by atoms with E-state index in [0.29, 0.717) is 17.4 Å². The van der Waals surface area contributed by atoms with E-state index < -0.39 is 0 Å². The van der Waals surface area contributed by atoms with Crippen LogP contribution in [0.4, 0.5) is 0 Å². The minimum absolute atomic E-state index is 0.0812. The second-order valence-electron chi connectivity index (χ2n) is 9.39. The predicted molar refractivity (Wildman–Crippen MR) is 121 cm³/mol. The van der Waals surface area contributed by atoms with Gasteiger partial charge in [-0.15, -0.1) is 0 Å². The molecule has 0 unspecified atom stereocenters. The molecule has 0 amide bonds. The van der Waals surface area contributed by atoms with E-state index in [0.717, 1.165) is 61.2 Å². The van der Waals surface area contributed by atoms with Gasteiger partial charge in [0, 0.05) is 74.2 Å². The van der Waals surface area contributed by atoms with Crippen molar-refractivity contribution < 1.29 is 0 Å². The standard InChI is InChI=1S/C24H27N7O/c1-15-8-16(2)31-22(27-15)19(10-26-31)14-29-11-17-9-18(13-29)21-5-4-20(24(32)30(21)12-17)23-25-6-7-28(23)3/h4-8,10,17-18H,9,11-14H2,1-3H3/t17-,18+/m0/s1. The molecule has 0 aromatic carbocycles. The van der Waals surface area contributed by atoms with Gasteiger partial charge < -0.3 is 9.13 Å². The maximum atomic E-state index is 13.3. The topological polar surface area (TPSA) is 73.2 Å². The van der Waals surface area contributed by atoms with Crippen molar-refractivity contribution in [2.45, 2.75) is 39.3 Å². The average molecular weight is 430 g/mol. The Bertz CT molecular complexity index is 1400. The SMILES string of the molecule is Cc1cc(C)n2ncc(CN3C[C@@H]4C[C@H](C3)c3ccc(-c5nccn5C)c(=O)n3C4)c2n1. The molecule has 4 aromatic heterocycles. The summed E-state index contributed by atoms with van der Waals surface area (Å²) >= 11 is 0. The largest absolute Gasteiger partial charge is 0.334 e. The maximum absolute atomic E-state index is 13.3. The number of pyridine rings is 1. The average Bonchev–Trinajstić information content (AvgIpc) is 3.35. The van der Waals surface area contributed by atoms with Gasteiger partial charge in [-0.1, -0.05) is 0 Å². The first-order valence-corrected chi connectivity index (χ1v) is 11.2. The van der Waals surface area contributed by atoms with Crippen molar-refractivity contribution in [2.24, 2.45) is 13.0 Å². The number of aryl methyl sites for hydroxylation is 3. The van der Waals surface area contributed by atoms with Gasteiger partial charge in [-0.3, -0.25) is 9.69 Å². The van der Waals surface area contributed by atoms with E-state index in [1.807, 2.05) is 46.1 Å². The number of fused-ring (bicyclic) bond motifs is 5. The molecule has 8 nitrogen and oxygen atoms in total. The highest BCUT2D eigenvalue weighted by molar-refractivity contribution is 5.54. The smallest absolute Gasteiger partial charge is 0.261 e. The van der Waals surface area contributed by atoms with Crippen molar-refractivity contribution in [3.8, 4) is 11.4 Å². The summed E-state index contributed by atoms with van der Waals surface area (Å²) in [4.78, 5) is 25.0. The molecule has 32 heavy (non-hydrogen) atoms. The fourth-order valence-corrected chi connectivity index (χ4v) is 5.64. The van der Waals surface area contributed by atoms with Gasteiger partial charge in [0.1, 0.15) is 5.82 Å². The lowest BCUT2D eigenvalue weighted by Crippen LogP contribution is -2.47. The first-order chi connectivity index (χ1) is 15.5. The molecule has 6 heterocycles. The van der Waals surface area contributed by atoms with Gasteiger partial charge in [-0.2, -0.15) is 5.10 Å². The van der Waals surface area contributed by atoms with Crippen molar-refractivity contribution >= 4 is 5.65 Å². The molecule has 0 spiro atoms. The van der Waals surface area contributed by atoms with Crippen LogP contribution in [0.15, 0.2) is 41.6 Å². The molecule has 1 fully saturated rings. The minimum Gasteiger partial charge on any atom is -0.334 e. The number of imidazole rings is 1. The second kappa shape index (κ2) is 7.13. The van der Waals surface area contributed by atoms with Crippen molar-refractivity contribution in [3.05, 3.63) is 69.8 Å². The number of rotatable bonds is 3. The first-order valence-electron chi connectivity index (χ1n) is 11.2. The summed E-state index contributed by atoms with van der Waals surface area (Å²) < 4.78 is 5.84. The summed E-state index contributed by atoms with van der Waals surface area (Å²) in [6.07, 6.45) is 6.72. The van der Waals surface area contributed by atoms with Crippen LogP contribution in [-0.4, -0.2) is 46.7 Å². The Morgan fingerprint density at radius 2 is 2.03 bits per heavy atom. The molecule has 164 valence electrons. The van der Waals surface area contributed by atoms with Crippen molar-refractivity contribution in [3.63, 3.8) is 0 Å². The number of nitrogens with zero attached hydrogens (tertiary/aromatic N) is 7. The molecule has 0 radical (unpaired) electrons. The Labute approximate surface area is 186 Å². The Morgan fingerprint density at radius 3 is 2.84 bits per heavy atom. The summed E-state index contributed by atoms with van der Waals surface area (Å²) in [6.45, 7) is 7.63. The molecule has 8 heteroatoms.